The summed E-state index contributed by atoms with van der Waals surface area (Å²) in [6, 6.07) is 6.64. The highest BCUT2D eigenvalue weighted by molar-refractivity contribution is 6.35. The molecule has 6 heteroatoms. The number of anilines is 1. The summed E-state index contributed by atoms with van der Waals surface area (Å²) in [5.74, 6) is -3.94. The summed E-state index contributed by atoms with van der Waals surface area (Å²) in [6.45, 7) is 0.0915. The molecule has 19 heavy (non-hydrogen) atoms. The molecule has 0 fully saturated rings. The van der Waals surface area contributed by atoms with E-state index in [2.05, 4.69) is 5.32 Å². The first-order valence-corrected chi connectivity index (χ1v) is 6.05. The molecule has 1 N–H and O–H groups in total. The van der Waals surface area contributed by atoms with Crippen molar-refractivity contribution in [1.82, 2.24) is 0 Å². The first-order chi connectivity index (χ1) is 8.97. The van der Waals surface area contributed by atoms with Gasteiger partial charge in [0.2, 0.25) is 0 Å². The summed E-state index contributed by atoms with van der Waals surface area (Å²) in [5.41, 5.74) is 0.784. The lowest BCUT2D eigenvalue weighted by atomic mass is 10.2. The highest BCUT2D eigenvalue weighted by Crippen LogP contribution is 2.26. The minimum absolute atomic E-state index is 0.0915. The molecule has 0 bridgehead atoms. The molecule has 0 atom stereocenters. The Morgan fingerprint density at radius 2 is 1.58 bits per heavy atom. The van der Waals surface area contributed by atoms with E-state index in [9.17, 15) is 13.2 Å². The van der Waals surface area contributed by atoms with Crippen LogP contribution in [-0.4, -0.2) is 0 Å². The van der Waals surface area contributed by atoms with E-state index in [-0.39, 0.29) is 12.1 Å². The lowest BCUT2D eigenvalue weighted by Gasteiger charge is -2.09. The van der Waals surface area contributed by atoms with Crippen molar-refractivity contribution in [3.63, 3.8) is 0 Å². The van der Waals surface area contributed by atoms with E-state index in [4.69, 9.17) is 23.2 Å². The second kappa shape index (κ2) is 5.72. The van der Waals surface area contributed by atoms with Crippen molar-refractivity contribution in [2.45, 2.75) is 6.54 Å². The molecule has 0 aliphatic heterocycles. The van der Waals surface area contributed by atoms with Crippen molar-refractivity contribution < 1.29 is 13.2 Å². The summed E-state index contributed by atoms with van der Waals surface area (Å²) < 4.78 is 38.8. The van der Waals surface area contributed by atoms with Crippen molar-refractivity contribution >= 4 is 28.9 Å². The van der Waals surface area contributed by atoms with E-state index in [0.29, 0.717) is 15.7 Å². The van der Waals surface area contributed by atoms with E-state index in [1.807, 2.05) is 0 Å². The van der Waals surface area contributed by atoms with Gasteiger partial charge in [-0.05, 0) is 35.9 Å². The number of halogens is 5. The molecule has 100 valence electrons. The fourth-order valence-corrected chi connectivity index (χ4v) is 1.90. The largest absolute Gasteiger partial charge is 0.380 e. The summed E-state index contributed by atoms with van der Waals surface area (Å²) >= 11 is 11.7. The monoisotopic (exact) mass is 305 g/mol. The Balaban J connectivity index is 2.17. The van der Waals surface area contributed by atoms with Gasteiger partial charge >= 0.3 is 0 Å². The molecule has 0 saturated heterocycles. The van der Waals surface area contributed by atoms with Crippen LogP contribution in [0.15, 0.2) is 30.3 Å². The molecule has 0 amide bonds. The Bertz CT molecular complexity index is 594. The van der Waals surface area contributed by atoms with Crippen LogP contribution < -0.4 is 5.32 Å². The van der Waals surface area contributed by atoms with E-state index in [0.717, 1.165) is 12.1 Å². The molecule has 0 unspecified atom stereocenters. The van der Waals surface area contributed by atoms with Crippen LogP contribution in [0.25, 0.3) is 0 Å². The fraction of sp³-hybridized carbons (Fsp3) is 0.0769. The fourth-order valence-electron chi connectivity index (χ4n) is 1.54. The van der Waals surface area contributed by atoms with Crippen LogP contribution in [0.5, 0.6) is 0 Å². The zero-order chi connectivity index (χ0) is 14.0. The van der Waals surface area contributed by atoms with Gasteiger partial charge in [-0.2, -0.15) is 0 Å². The molecule has 1 nitrogen and oxygen atoms in total. The average molecular weight is 306 g/mol. The van der Waals surface area contributed by atoms with E-state index in [1.165, 1.54) is 0 Å². The zero-order valence-corrected chi connectivity index (χ0v) is 11.0. The third-order valence-corrected chi connectivity index (χ3v) is 3.02. The highest BCUT2D eigenvalue weighted by Gasteiger charge is 2.10. The van der Waals surface area contributed by atoms with Gasteiger partial charge in [-0.1, -0.05) is 23.2 Å². The predicted molar refractivity (Wildman–Crippen MR) is 70.1 cm³/mol. The smallest absolute Gasteiger partial charge is 0.194 e. The second-order valence-electron chi connectivity index (χ2n) is 3.85. The Hall–Kier alpha value is -1.39. The highest BCUT2D eigenvalue weighted by atomic mass is 35.5. The van der Waals surface area contributed by atoms with Crippen molar-refractivity contribution in [2.24, 2.45) is 0 Å². The SMILES string of the molecule is Fc1cc(CNc2cc(Cl)ccc2Cl)cc(F)c1F. The van der Waals surface area contributed by atoms with Gasteiger partial charge < -0.3 is 5.32 Å². The van der Waals surface area contributed by atoms with Crippen molar-refractivity contribution in [2.75, 3.05) is 5.32 Å². The number of benzene rings is 2. The summed E-state index contributed by atoms with van der Waals surface area (Å²) in [6.07, 6.45) is 0. The summed E-state index contributed by atoms with van der Waals surface area (Å²) in [5, 5.41) is 3.77. The molecular weight excluding hydrogens is 298 g/mol. The summed E-state index contributed by atoms with van der Waals surface area (Å²) in [7, 11) is 0. The van der Waals surface area contributed by atoms with Crippen LogP contribution in [-0.2, 0) is 6.54 Å². The van der Waals surface area contributed by atoms with Gasteiger partial charge in [-0.15, -0.1) is 0 Å². The molecule has 0 aliphatic rings. The van der Waals surface area contributed by atoms with Gasteiger partial charge in [0.15, 0.2) is 17.5 Å². The molecule has 2 rings (SSSR count). The normalized spacial score (nSPS) is 10.6. The van der Waals surface area contributed by atoms with Crippen LogP contribution in [0.3, 0.4) is 0 Å². The molecule has 0 spiro atoms. The van der Waals surface area contributed by atoms with Crippen molar-refractivity contribution in [3.8, 4) is 0 Å². The number of rotatable bonds is 3. The molecule has 0 aromatic heterocycles. The minimum atomic E-state index is -1.48. The number of hydrogen-bond donors (Lipinski definition) is 1. The summed E-state index contributed by atoms with van der Waals surface area (Å²) in [4.78, 5) is 0. The number of nitrogens with one attached hydrogen (secondary N) is 1. The zero-order valence-electron chi connectivity index (χ0n) is 9.48. The second-order valence-corrected chi connectivity index (χ2v) is 4.69. The van der Waals surface area contributed by atoms with Crippen molar-refractivity contribution in [3.05, 3.63) is 63.4 Å². The third kappa shape index (κ3) is 3.33. The minimum Gasteiger partial charge on any atom is -0.380 e. The molecule has 0 aliphatic carbocycles. The maximum absolute atomic E-state index is 13.0. The molecule has 2 aromatic carbocycles. The van der Waals surface area contributed by atoms with Crippen LogP contribution in [0.2, 0.25) is 10.0 Å². The van der Waals surface area contributed by atoms with Gasteiger partial charge in [-0.3, -0.25) is 0 Å². The Kier molecular flexibility index (Phi) is 4.22. The van der Waals surface area contributed by atoms with Gasteiger partial charge in [-0.25, -0.2) is 13.2 Å². The third-order valence-electron chi connectivity index (χ3n) is 2.45. The van der Waals surface area contributed by atoms with Gasteiger partial charge in [0.05, 0.1) is 10.7 Å². The molecular formula is C13H8Cl2F3N. The molecule has 2 aromatic rings. The first-order valence-electron chi connectivity index (χ1n) is 5.29. The van der Waals surface area contributed by atoms with Crippen LogP contribution in [0.1, 0.15) is 5.56 Å². The quantitative estimate of drug-likeness (QED) is 0.785. The van der Waals surface area contributed by atoms with Crippen molar-refractivity contribution in [1.29, 1.82) is 0 Å². The van der Waals surface area contributed by atoms with Gasteiger partial charge in [0.25, 0.3) is 0 Å². The maximum Gasteiger partial charge on any atom is 0.194 e. The van der Waals surface area contributed by atoms with E-state index in [1.54, 1.807) is 18.2 Å². The predicted octanol–water partition coefficient (Wildman–Crippen LogP) is 5.02. The van der Waals surface area contributed by atoms with Gasteiger partial charge in [0, 0.05) is 11.6 Å². The lowest BCUT2D eigenvalue weighted by molar-refractivity contribution is 0.445. The van der Waals surface area contributed by atoms with Gasteiger partial charge in [0.1, 0.15) is 0 Å². The Labute approximate surface area is 118 Å². The van der Waals surface area contributed by atoms with E-state index < -0.39 is 17.5 Å². The average Bonchev–Trinajstić information content (AvgIpc) is 2.37. The standard InChI is InChI=1S/C13H8Cl2F3N/c14-8-1-2-9(15)12(5-8)19-6-7-3-10(16)13(18)11(17)4-7/h1-5,19H,6H2. The maximum atomic E-state index is 13.0. The molecule has 0 radical (unpaired) electrons. The van der Waals surface area contributed by atoms with Crippen LogP contribution in [0, 0.1) is 17.5 Å². The van der Waals surface area contributed by atoms with Crippen LogP contribution >= 0.6 is 23.2 Å². The van der Waals surface area contributed by atoms with Crippen LogP contribution in [0.4, 0.5) is 18.9 Å². The topological polar surface area (TPSA) is 12.0 Å². The first kappa shape index (κ1) is 14.0. The van der Waals surface area contributed by atoms with E-state index >= 15 is 0 Å². The molecule has 0 heterocycles. The lowest BCUT2D eigenvalue weighted by Crippen LogP contribution is -2.02. The molecule has 0 saturated carbocycles. The Morgan fingerprint density at radius 1 is 0.947 bits per heavy atom. The Morgan fingerprint density at radius 3 is 2.21 bits per heavy atom. The number of hydrogen-bond acceptors (Lipinski definition) is 1.